The van der Waals surface area contributed by atoms with Gasteiger partial charge < -0.3 is 15.4 Å². The minimum atomic E-state index is -4.63. The lowest BCUT2D eigenvalue weighted by molar-refractivity contribution is -0.137. The molecule has 2 atom stereocenters. The number of amides is 2. The van der Waals surface area contributed by atoms with Crippen LogP contribution in [0.2, 0.25) is 0 Å². The molecule has 242 valence electrons. The van der Waals surface area contributed by atoms with Crippen molar-refractivity contribution in [3.05, 3.63) is 90.3 Å². The van der Waals surface area contributed by atoms with Crippen molar-refractivity contribution >= 4 is 44.2 Å². The van der Waals surface area contributed by atoms with Crippen molar-refractivity contribution in [3.63, 3.8) is 0 Å². The van der Waals surface area contributed by atoms with Gasteiger partial charge in [-0.2, -0.15) is 13.2 Å². The van der Waals surface area contributed by atoms with Gasteiger partial charge in [0.2, 0.25) is 17.7 Å². The van der Waals surface area contributed by atoms with Crippen LogP contribution in [0, 0.1) is 0 Å². The third-order valence-electron chi connectivity index (χ3n) is 7.92. The molecule has 1 fully saturated rings. The molecule has 5 aromatic rings. The molecular formula is C34H31F3N6O3S. The van der Waals surface area contributed by atoms with Gasteiger partial charge in [0.15, 0.2) is 10.9 Å². The minimum Gasteiger partial charge on any atom is -0.437 e. The van der Waals surface area contributed by atoms with Crippen LogP contribution in [0.5, 0.6) is 11.6 Å². The molecule has 2 N–H and O–H groups in total. The van der Waals surface area contributed by atoms with Gasteiger partial charge in [-0.1, -0.05) is 53.8 Å². The molecule has 6 rings (SSSR count). The minimum absolute atomic E-state index is 0.00555. The van der Waals surface area contributed by atoms with E-state index in [9.17, 15) is 22.8 Å². The van der Waals surface area contributed by atoms with Crippen LogP contribution in [0.1, 0.15) is 50.8 Å². The average Bonchev–Trinajstić information content (AvgIpc) is 3.66. The van der Waals surface area contributed by atoms with Crippen LogP contribution in [0.15, 0.2) is 79.1 Å². The number of fused-ring (bicyclic) bond motifs is 1. The number of ether oxygens (including phenoxy) is 1. The summed E-state index contributed by atoms with van der Waals surface area (Å²) < 4.78 is 48.4. The Labute approximate surface area is 272 Å². The molecule has 3 aromatic carbocycles. The second-order valence-electron chi connectivity index (χ2n) is 11.5. The zero-order valence-corrected chi connectivity index (χ0v) is 26.5. The van der Waals surface area contributed by atoms with Gasteiger partial charge in [-0.05, 0) is 56.5 Å². The van der Waals surface area contributed by atoms with Crippen LogP contribution in [0.4, 0.5) is 24.0 Å². The topological polar surface area (TPSA) is 109 Å². The number of carbonyl (C=O) groups is 2. The average molecular weight is 661 g/mol. The molecule has 0 radical (unpaired) electrons. The van der Waals surface area contributed by atoms with Gasteiger partial charge in [0.05, 0.1) is 27.7 Å². The monoisotopic (exact) mass is 660 g/mol. The van der Waals surface area contributed by atoms with Crippen molar-refractivity contribution in [3.8, 4) is 22.9 Å². The molecular weight excluding hydrogens is 629 g/mol. The number of thiazole rings is 1. The summed E-state index contributed by atoms with van der Waals surface area (Å²) in [5, 5.41) is 5.88. The number of benzene rings is 3. The van der Waals surface area contributed by atoms with Gasteiger partial charge in [0, 0.05) is 30.6 Å². The quantitative estimate of drug-likeness (QED) is 0.173. The van der Waals surface area contributed by atoms with Crippen molar-refractivity contribution in [2.45, 2.75) is 57.9 Å². The first-order valence-corrected chi connectivity index (χ1v) is 15.8. The zero-order chi connectivity index (χ0) is 33.3. The lowest BCUT2D eigenvalue weighted by Gasteiger charge is -2.33. The molecule has 2 aromatic heterocycles. The van der Waals surface area contributed by atoms with E-state index in [4.69, 9.17) is 4.74 Å². The Hall–Kier alpha value is -4.88. The molecule has 1 saturated heterocycles. The first-order chi connectivity index (χ1) is 22.5. The van der Waals surface area contributed by atoms with Crippen molar-refractivity contribution in [2.75, 3.05) is 10.6 Å². The Balaban J connectivity index is 1.31. The summed E-state index contributed by atoms with van der Waals surface area (Å²) in [4.78, 5) is 40.4. The number of hydrogen-bond donors (Lipinski definition) is 2. The molecule has 2 amide bonds. The molecule has 13 heteroatoms. The molecule has 3 heterocycles. The zero-order valence-electron chi connectivity index (χ0n) is 25.7. The number of nitrogens with zero attached hydrogens (tertiary/aromatic N) is 4. The highest BCUT2D eigenvalue weighted by Crippen LogP contribution is 2.41. The maximum atomic E-state index is 13.9. The predicted octanol–water partition coefficient (Wildman–Crippen LogP) is 8.08. The molecule has 9 nitrogen and oxygen atoms in total. The third-order valence-corrected chi connectivity index (χ3v) is 8.85. The lowest BCUT2D eigenvalue weighted by atomic mass is 10.0. The Morgan fingerprint density at radius 2 is 1.77 bits per heavy atom. The van der Waals surface area contributed by atoms with E-state index in [1.807, 2.05) is 50.2 Å². The van der Waals surface area contributed by atoms with Crippen LogP contribution < -0.4 is 15.4 Å². The van der Waals surface area contributed by atoms with Crippen LogP contribution in [0.3, 0.4) is 0 Å². The number of nitrogens with one attached hydrogen (secondary N) is 2. The highest BCUT2D eigenvalue weighted by atomic mass is 32.1. The maximum absolute atomic E-state index is 13.9. The summed E-state index contributed by atoms with van der Waals surface area (Å²) >= 11 is 1.28. The molecule has 0 bridgehead atoms. The summed E-state index contributed by atoms with van der Waals surface area (Å²) in [7, 11) is 0. The number of likely N-dealkylation sites (tertiary alicyclic amines) is 1. The highest BCUT2D eigenvalue weighted by molar-refractivity contribution is 7.22. The number of halogens is 3. The van der Waals surface area contributed by atoms with E-state index in [1.54, 1.807) is 12.1 Å². The number of carbonyl (C=O) groups excluding carboxylic acids is 2. The highest BCUT2D eigenvalue weighted by Gasteiger charge is 2.40. The van der Waals surface area contributed by atoms with E-state index in [-0.39, 0.29) is 40.8 Å². The smallest absolute Gasteiger partial charge is 0.416 e. The Kier molecular flexibility index (Phi) is 8.93. The number of anilines is 2. The predicted molar refractivity (Wildman–Crippen MR) is 174 cm³/mol. The van der Waals surface area contributed by atoms with Gasteiger partial charge in [-0.3, -0.25) is 14.5 Å². The number of hydrogen-bond acceptors (Lipinski definition) is 8. The first kappa shape index (κ1) is 32.1. The first-order valence-electron chi connectivity index (χ1n) is 15.0. The summed E-state index contributed by atoms with van der Waals surface area (Å²) in [6.45, 7) is 5.40. The molecule has 0 saturated carbocycles. The van der Waals surface area contributed by atoms with E-state index in [0.717, 1.165) is 28.8 Å². The van der Waals surface area contributed by atoms with Gasteiger partial charge >= 0.3 is 6.18 Å². The standard InChI is InChI=1S/C34H31F3N6O3S/c1-19(2)43-26(21-8-5-4-6-9-21)14-15-27(43)32(45)41-25-16-22(34(35,36)37)12-13-23(25)24-17-30(39-18-38-24)46-28-10-7-11-29-31(28)42-33(47-29)40-20(3)44/h4-13,16-19,26-27H,14-15H2,1-3H3,(H,41,45)(H,40,42,44)/t26-,27+/m1/s1. The van der Waals surface area contributed by atoms with E-state index in [2.05, 4.69) is 30.5 Å². The van der Waals surface area contributed by atoms with Crippen LogP contribution in [-0.4, -0.2) is 43.7 Å². The van der Waals surface area contributed by atoms with Crippen molar-refractivity contribution in [2.24, 2.45) is 0 Å². The lowest BCUT2D eigenvalue weighted by Crippen LogP contribution is -2.44. The Bertz CT molecular complexity index is 1930. The molecule has 0 unspecified atom stereocenters. The molecule has 0 spiro atoms. The summed E-state index contributed by atoms with van der Waals surface area (Å²) in [5.74, 6) is -0.175. The SMILES string of the molecule is CC(=O)Nc1nc2c(Oc3cc(-c4ccc(C(F)(F)F)cc4NC(=O)[C@@H]4CC[C@H](c5ccccc5)N4C(C)C)ncn3)cccc2s1. The summed E-state index contributed by atoms with van der Waals surface area (Å²) in [6.07, 6.45) is -2.11. The molecule has 0 aliphatic carbocycles. The number of para-hydroxylation sites is 1. The van der Waals surface area contributed by atoms with Crippen LogP contribution in [0.25, 0.3) is 21.5 Å². The molecule has 1 aliphatic heterocycles. The number of aromatic nitrogens is 3. The number of rotatable bonds is 8. The molecule has 47 heavy (non-hydrogen) atoms. The van der Waals surface area contributed by atoms with E-state index >= 15 is 0 Å². The fraction of sp³-hybridized carbons (Fsp3) is 0.265. The van der Waals surface area contributed by atoms with Crippen molar-refractivity contribution in [1.29, 1.82) is 0 Å². The Morgan fingerprint density at radius 3 is 2.49 bits per heavy atom. The third kappa shape index (κ3) is 6.96. The second-order valence-corrected chi connectivity index (χ2v) is 12.5. The van der Waals surface area contributed by atoms with Crippen molar-refractivity contribution in [1.82, 2.24) is 19.9 Å². The fourth-order valence-electron chi connectivity index (χ4n) is 5.96. The summed E-state index contributed by atoms with van der Waals surface area (Å²) in [6, 6.07) is 19.3. The normalized spacial score (nSPS) is 16.8. The van der Waals surface area contributed by atoms with Gasteiger partial charge in [0.1, 0.15) is 11.8 Å². The van der Waals surface area contributed by atoms with E-state index in [0.29, 0.717) is 22.8 Å². The fourth-order valence-corrected chi connectivity index (χ4v) is 6.89. The maximum Gasteiger partial charge on any atom is 0.416 e. The number of alkyl halides is 3. The van der Waals surface area contributed by atoms with Crippen LogP contribution in [-0.2, 0) is 15.8 Å². The Morgan fingerprint density at radius 1 is 0.979 bits per heavy atom. The molecule has 1 aliphatic rings. The summed E-state index contributed by atoms with van der Waals surface area (Å²) in [5.41, 5.74) is 1.18. The second kappa shape index (κ2) is 13.1. The van der Waals surface area contributed by atoms with E-state index in [1.165, 1.54) is 36.7 Å². The van der Waals surface area contributed by atoms with Gasteiger partial charge in [0.25, 0.3) is 0 Å². The largest absolute Gasteiger partial charge is 0.437 e. The van der Waals surface area contributed by atoms with Gasteiger partial charge in [-0.15, -0.1) is 0 Å². The van der Waals surface area contributed by atoms with Gasteiger partial charge in [-0.25, -0.2) is 15.0 Å². The van der Waals surface area contributed by atoms with Crippen LogP contribution >= 0.6 is 11.3 Å². The van der Waals surface area contributed by atoms with E-state index < -0.39 is 23.7 Å². The van der Waals surface area contributed by atoms with Crippen molar-refractivity contribution < 1.29 is 27.5 Å².